The third-order valence-electron chi connectivity index (χ3n) is 7.68. The zero-order chi connectivity index (χ0) is 22.8. The average Bonchev–Trinajstić information content (AvgIpc) is 2.82. The van der Waals surface area contributed by atoms with E-state index in [0.29, 0.717) is 0 Å². The topological polar surface area (TPSA) is 40.5 Å². The monoisotopic (exact) mass is 436 g/mol. The van der Waals surface area contributed by atoms with Crippen molar-refractivity contribution in [2.75, 3.05) is 13.2 Å². The molecule has 0 bridgehead atoms. The van der Waals surface area contributed by atoms with Crippen LogP contribution in [-0.4, -0.2) is 23.4 Å². The van der Waals surface area contributed by atoms with Crippen molar-refractivity contribution < 1.29 is 10.2 Å². The Bertz CT molecular complexity index is 783. The summed E-state index contributed by atoms with van der Waals surface area (Å²) in [6.45, 7) is 4.70. The molecule has 0 aliphatic heterocycles. The molecule has 3 rings (SSSR count). The van der Waals surface area contributed by atoms with E-state index in [1.807, 2.05) is 0 Å². The fraction of sp³-hybridized carbons (Fsp3) is 0.600. The maximum absolute atomic E-state index is 9.21. The molecule has 1 aliphatic rings. The predicted octanol–water partition coefficient (Wildman–Crippen LogP) is 6.78. The van der Waals surface area contributed by atoms with Gasteiger partial charge in [-0.15, -0.1) is 0 Å². The van der Waals surface area contributed by atoms with E-state index in [0.717, 1.165) is 43.9 Å². The highest BCUT2D eigenvalue weighted by molar-refractivity contribution is 5.33. The van der Waals surface area contributed by atoms with Crippen molar-refractivity contribution in [2.45, 2.75) is 90.4 Å². The van der Waals surface area contributed by atoms with Crippen LogP contribution in [0.25, 0.3) is 0 Å². The highest BCUT2D eigenvalue weighted by atomic mass is 16.3. The molecule has 0 saturated heterocycles. The second-order valence-electron chi connectivity index (χ2n) is 10.1. The van der Waals surface area contributed by atoms with Gasteiger partial charge in [-0.25, -0.2) is 0 Å². The minimum Gasteiger partial charge on any atom is -0.396 e. The number of aliphatic hydroxyl groups excluding tert-OH is 2. The summed E-state index contributed by atoms with van der Waals surface area (Å²) < 4.78 is 0. The number of hydrogen-bond donors (Lipinski definition) is 2. The molecule has 2 aromatic carbocycles. The molecule has 32 heavy (non-hydrogen) atoms. The molecule has 0 radical (unpaired) electrons. The maximum Gasteiger partial charge on any atom is 0.0481 e. The van der Waals surface area contributed by atoms with E-state index in [9.17, 15) is 10.2 Å². The first-order valence-electron chi connectivity index (χ1n) is 13.0. The minimum absolute atomic E-state index is 0.0258. The second kappa shape index (κ2) is 13.2. The van der Waals surface area contributed by atoms with Crippen molar-refractivity contribution in [2.24, 2.45) is 11.8 Å². The molecule has 1 saturated carbocycles. The van der Waals surface area contributed by atoms with E-state index in [4.69, 9.17) is 0 Å². The van der Waals surface area contributed by atoms with Gasteiger partial charge in [0.2, 0.25) is 0 Å². The number of rotatable bonds is 12. The second-order valence-corrected chi connectivity index (χ2v) is 10.1. The Kier molecular flexibility index (Phi) is 10.3. The van der Waals surface area contributed by atoms with E-state index in [1.54, 1.807) is 5.56 Å². The molecule has 0 aromatic heterocycles. The van der Waals surface area contributed by atoms with Crippen LogP contribution in [0.3, 0.4) is 0 Å². The molecule has 176 valence electrons. The molecule has 2 aromatic rings. The van der Waals surface area contributed by atoms with Crippen LogP contribution in [0.15, 0.2) is 42.5 Å². The van der Waals surface area contributed by atoms with Gasteiger partial charge in [0.1, 0.15) is 0 Å². The number of hydrogen-bond acceptors (Lipinski definition) is 2. The highest BCUT2D eigenvalue weighted by Crippen LogP contribution is 2.37. The van der Waals surface area contributed by atoms with Crippen molar-refractivity contribution in [3.8, 4) is 0 Å². The minimum atomic E-state index is 0.0258. The van der Waals surface area contributed by atoms with Gasteiger partial charge in [-0.2, -0.15) is 0 Å². The smallest absolute Gasteiger partial charge is 0.0481 e. The molecule has 2 heteroatoms. The van der Waals surface area contributed by atoms with Gasteiger partial charge >= 0.3 is 0 Å². The lowest BCUT2D eigenvalue weighted by atomic mass is 9.77. The van der Waals surface area contributed by atoms with Crippen LogP contribution in [0.4, 0.5) is 0 Å². The van der Waals surface area contributed by atoms with Crippen molar-refractivity contribution in [3.63, 3.8) is 0 Å². The first-order valence-corrected chi connectivity index (χ1v) is 13.0. The van der Waals surface area contributed by atoms with Gasteiger partial charge in [-0.05, 0) is 104 Å². The summed E-state index contributed by atoms with van der Waals surface area (Å²) in [5.74, 6) is 1.78. The van der Waals surface area contributed by atoms with Crippen LogP contribution < -0.4 is 0 Å². The summed E-state index contributed by atoms with van der Waals surface area (Å²) in [5, 5.41) is 18.4. The van der Waals surface area contributed by atoms with Crippen LogP contribution in [0.5, 0.6) is 0 Å². The fourth-order valence-corrected chi connectivity index (χ4v) is 5.46. The molecule has 1 aliphatic carbocycles. The van der Waals surface area contributed by atoms with Crippen LogP contribution in [0, 0.1) is 18.8 Å². The summed E-state index contributed by atoms with van der Waals surface area (Å²) in [7, 11) is 0. The Labute approximate surface area is 196 Å². The molecular formula is C30H44O2. The number of aryl methyl sites for hydroxylation is 4. The quantitative estimate of drug-likeness (QED) is 0.385. The predicted molar refractivity (Wildman–Crippen MR) is 135 cm³/mol. The number of aliphatic hydroxyl groups is 2. The maximum atomic E-state index is 9.21. The molecule has 2 N–H and O–H groups in total. The van der Waals surface area contributed by atoms with Gasteiger partial charge in [0.05, 0.1) is 0 Å². The third kappa shape index (κ3) is 7.46. The summed E-state index contributed by atoms with van der Waals surface area (Å²) >= 11 is 0. The van der Waals surface area contributed by atoms with Gasteiger partial charge in [-0.3, -0.25) is 0 Å². The molecule has 0 unspecified atom stereocenters. The van der Waals surface area contributed by atoms with Crippen molar-refractivity contribution in [3.05, 3.63) is 70.3 Å². The van der Waals surface area contributed by atoms with Crippen LogP contribution >= 0.6 is 0 Å². The van der Waals surface area contributed by atoms with E-state index < -0.39 is 0 Å². The number of benzene rings is 2. The normalized spacial score (nSPS) is 18.9. The van der Waals surface area contributed by atoms with Crippen molar-refractivity contribution >= 4 is 0 Å². The first kappa shape index (κ1) is 25.0. The van der Waals surface area contributed by atoms with E-state index in [2.05, 4.69) is 56.3 Å². The van der Waals surface area contributed by atoms with Gasteiger partial charge in [0.15, 0.2) is 0 Å². The summed E-state index contributed by atoms with van der Waals surface area (Å²) in [4.78, 5) is 0. The van der Waals surface area contributed by atoms with Crippen molar-refractivity contribution in [1.82, 2.24) is 0 Å². The van der Waals surface area contributed by atoms with Gasteiger partial charge in [0, 0.05) is 19.1 Å². The standard InChI is InChI=1S/C30H44O2/c1-3-5-24-9-16-29(17-10-24)30-18-11-25(12-19-30)8-14-28-15-13-26(20-23(28)2)6-4-7-27(21-31)22-32/h11-13,15,18-20,24,27,29,31-32H,3-10,14,16-17,21-22H2,1-2H3. The molecule has 0 amide bonds. The average molecular weight is 437 g/mol. The SMILES string of the molecule is CCCC1CCC(c2ccc(CCc3ccc(CCCC(CO)CO)cc3C)cc2)CC1. The van der Waals surface area contributed by atoms with Gasteiger partial charge in [0.25, 0.3) is 0 Å². The Morgan fingerprint density at radius 1 is 0.844 bits per heavy atom. The Balaban J connectivity index is 1.46. The van der Waals surface area contributed by atoms with Crippen LogP contribution in [-0.2, 0) is 19.3 Å². The molecule has 0 spiro atoms. The lowest BCUT2D eigenvalue weighted by Gasteiger charge is -2.28. The zero-order valence-electron chi connectivity index (χ0n) is 20.4. The molecule has 1 fully saturated rings. The van der Waals surface area contributed by atoms with Crippen molar-refractivity contribution in [1.29, 1.82) is 0 Å². The zero-order valence-corrected chi connectivity index (χ0v) is 20.4. The third-order valence-corrected chi connectivity index (χ3v) is 7.68. The van der Waals surface area contributed by atoms with Crippen LogP contribution in [0.1, 0.15) is 92.0 Å². The summed E-state index contributed by atoms with van der Waals surface area (Å²) in [5.41, 5.74) is 7.17. The molecule has 2 nitrogen and oxygen atoms in total. The summed E-state index contributed by atoms with van der Waals surface area (Å²) in [6, 6.07) is 16.4. The Morgan fingerprint density at radius 2 is 1.53 bits per heavy atom. The Hall–Kier alpha value is -1.64. The highest BCUT2D eigenvalue weighted by Gasteiger charge is 2.21. The first-order chi connectivity index (χ1) is 15.6. The van der Waals surface area contributed by atoms with Gasteiger partial charge in [-0.1, -0.05) is 62.2 Å². The van der Waals surface area contributed by atoms with Crippen LogP contribution in [0.2, 0.25) is 0 Å². The largest absolute Gasteiger partial charge is 0.396 e. The molecule has 0 heterocycles. The fourth-order valence-electron chi connectivity index (χ4n) is 5.46. The Morgan fingerprint density at radius 3 is 2.16 bits per heavy atom. The molecule has 0 atom stereocenters. The van der Waals surface area contributed by atoms with E-state index in [-0.39, 0.29) is 19.1 Å². The lowest BCUT2D eigenvalue weighted by Crippen LogP contribution is -2.13. The van der Waals surface area contributed by atoms with E-state index in [1.165, 1.54) is 60.8 Å². The van der Waals surface area contributed by atoms with Gasteiger partial charge < -0.3 is 10.2 Å². The lowest BCUT2D eigenvalue weighted by molar-refractivity contribution is 0.142. The van der Waals surface area contributed by atoms with E-state index >= 15 is 0 Å². The molecular weight excluding hydrogens is 392 g/mol. The summed E-state index contributed by atoms with van der Waals surface area (Å²) in [6.07, 6.45) is 13.4.